The summed E-state index contributed by atoms with van der Waals surface area (Å²) in [4.78, 5) is 15.4. The third-order valence-electron chi connectivity index (χ3n) is 13.1. The molecule has 288 valence electrons. The van der Waals surface area contributed by atoms with Gasteiger partial charge in [0.1, 0.15) is 0 Å². The lowest BCUT2D eigenvalue weighted by Gasteiger charge is -2.40. The van der Waals surface area contributed by atoms with E-state index in [4.69, 9.17) is 15.0 Å². The van der Waals surface area contributed by atoms with E-state index < -0.39 is 5.41 Å². The maximum absolute atomic E-state index is 5.20. The van der Waals surface area contributed by atoms with E-state index in [-0.39, 0.29) is 0 Å². The minimum Gasteiger partial charge on any atom is -0.309 e. The van der Waals surface area contributed by atoms with Crippen LogP contribution in [0.1, 0.15) is 22.3 Å². The molecule has 0 saturated heterocycles. The van der Waals surface area contributed by atoms with Gasteiger partial charge in [-0.25, -0.2) is 15.0 Å². The van der Waals surface area contributed by atoms with E-state index >= 15 is 0 Å². The van der Waals surface area contributed by atoms with Crippen molar-refractivity contribution in [1.29, 1.82) is 0 Å². The Morgan fingerprint density at radius 1 is 0.323 bits per heavy atom. The molecule has 1 unspecified atom stereocenters. The first-order chi connectivity index (χ1) is 30.8. The predicted molar refractivity (Wildman–Crippen MR) is 252 cm³/mol. The van der Waals surface area contributed by atoms with Crippen LogP contribution in [0, 0.1) is 0 Å². The lowest BCUT2D eigenvalue weighted by Crippen LogP contribution is -2.34. The summed E-state index contributed by atoms with van der Waals surface area (Å²) in [6.07, 6.45) is 0. The van der Waals surface area contributed by atoms with E-state index in [1.54, 1.807) is 0 Å². The maximum Gasteiger partial charge on any atom is 0.164 e. The molecule has 0 radical (unpaired) electrons. The zero-order valence-electron chi connectivity index (χ0n) is 33.6. The molecule has 11 aromatic rings. The number of hydrogen-bond donors (Lipinski definition) is 0. The summed E-state index contributed by atoms with van der Waals surface area (Å²) in [5, 5.41) is 2.54. The number of para-hydroxylation sites is 3. The van der Waals surface area contributed by atoms with Crippen LogP contribution in [0.4, 0.5) is 0 Å². The maximum atomic E-state index is 5.20. The van der Waals surface area contributed by atoms with E-state index in [0.29, 0.717) is 17.5 Å². The molecular formula is C58H36N4. The molecule has 0 N–H and O–H groups in total. The van der Waals surface area contributed by atoms with E-state index in [1.807, 2.05) is 24.3 Å². The molecule has 1 spiro atoms. The Hall–Kier alpha value is -8.21. The third-order valence-corrected chi connectivity index (χ3v) is 13.1. The molecule has 0 fully saturated rings. The molecule has 2 aliphatic rings. The predicted octanol–water partition coefficient (Wildman–Crippen LogP) is 14.0. The number of hydrogen-bond acceptors (Lipinski definition) is 3. The van der Waals surface area contributed by atoms with Crippen LogP contribution >= 0.6 is 0 Å². The minimum absolute atomic E-state index is 0.578. The van der Waals surface area contributed by atoms with Gasteiger partial charge < -0.3 is 4.57 Å². The topological polar surface area (TPSA) is 43.6 Å². The second-order valence-electron chi connectivity index (χ2n) is 16.3. The number of aromatic nitrogens is 4. The molecule has 1 aliphatic heterocycles. The zero-order valence-corrected chi connectivity index (χ0v) is 33.6. The number of rotatable bonds is 5. The highest BCUT2D eigenvalue weighted by Gasteiger charge is 2.51. The fourth-order valence-electron chi connectivity index (χ4n) is 10.5. The van der Waals surface area contributed by atoms with Crippen LogP contribution in [0.3, 0.4) is 0 Å². The second kappa shape index (κ2) is 13.4. The summed E-state index contributed by atoms with van der Waals surface area (Å²) >= 11 is 0. The van der Waals surface area contributed by atoms with Crippen molar-refractivity contribution in [2.75, 3.05) is 0 Å². The Morgan fingerprint density at radius 2 is 0.823 bits per heavy atom. The van der Waals surface area contributed by atoms with Gasteiger partial charge in [0.15, 0.2) is 17.5 Å². The van der Waals surface area contributed by atoms with Gasteiger partial charge in [0, 0.05) is 27.5 Å². The quantitative estimate of drug-likeness (QED) is 0.174. The molecule has 4 heteroatoms. The summed E-state index contributed by atoms with van der Waals surface area (Å²) in [6.45, 7) is 0. The lowest BCUT2D eigenvalue weighted by molar-refractivity contribution is 0.750. The molecule has 2 aromatic heterocycles. The van der Waals surface area contributed by atoms with E-state index in [9.17, 15) is 0 Å². The summed E-state index contributed by atoms with van der Waals surface area (Å²) in [7, 11) is 0. The molecule has 0 bridgehead atoms. The first-order valence-corrected chi connectivity index (χ1v) is 21.2. The van der Waals surface area contributed by atoms with Gasteiger partial charge in [-0.1, -0.05) is 200 Å². The average Bonchev–Trinajstić information content (AvgIpc) is 3.85. The standard InChI is InChI=1S/C58H36N4/c1-3-16-37(17-4-1)38-32-34-40(35-33-38)56-59-55(39-18-5-2-6-19-39)60-57(61-56)42-21-13-20-41(36-42)43-24-14-25-46-44-22-7-9-27-48(44)58(53(43)46)49-28-10-12-31-52(49)62-51-30-11-8-23-45(51)47-26-15-29-50(58)54(47)62/h1-36H. The summed E-state index contributed by atoms with van der Waals surface area (Å²) < 4.78 is 2.50. The van der Waals surface area contributed by atoms with Crippen LogP contribution in [0.25, 0.3) is 95.0 Å². The van der Waals surface area contributed by atoms with E-state index in [2.05, 4.69) is 199 Å². The van der Waals surface area contributed by atoms with E-state index in [0.717, 1.165) is 27.8 Å². The molecule has 4 nitrogen and oxygen atoms in total. The van der Waals surface area contributed by atoms with Crippen molar-refractivity contribution in [3.05, 3.63) is 241 Å². The largest absolute Gasteiger partial charge is 0.309 e. The average molecular weight is 789 g/mol. The van der Waals surface area contributed by atoms with E-state index in [1.165, 1.54) is 72.0 Å². The molecule has 9 aromatic carbocycles. The van der Waals surface area contributed by atoms with Gasteiger partial charge in [0.05, 0.1) is 22.1 Å². The van der Waals surface area contributed by atoms with Gasteiger partial charge in [0.25, 0.3) is 0 Å². The molecule has 0 amide bonds. The van der Waals surface area contributed by atoms with Gasteiger partial charge in [-0.15, -0.1) is 0 Å². The van der Waals surface area contributed by atoms with Crippen molar-refractivity contribution < 1.29 is 0 Å². The molecule has 3 heterocycles. The van der Waals surface area contributed by atoms with Crippen LogP contribution in [0.5, 0.6) is 0 Å². The van der Waals surface area contributed by atoms with Crippen molar-refractivity contribution in [2.45, 2.75) is 5.41 Å². The number of benzene rings is 9. The normalized spacial score (nSPS) is 14.5. The zero-order chi connectivity index (χ0) is 40.8. The number of nitrogens with zero attached hydrogens (tertiary/aromatic N) is 4. The van der Waals surface area contributed by atoms with Crippen molar-refractivity contribution in [1.82, 2.24) is 19.5 Å². The Bertz CT molecular complexity index is 3570. The highest BCUT2D eigenvalue weighted by molar-refractivity contribution is 6.13. The molecule has 1 aliphatic carbocycles. The first-order valence-electron chi connectivity index (χ1n) is 21.2. The van der Waals surface area contributed by atoms with Gasteiger partial charge in [0.2, 0.25) is 0 Å². The Balaban J connectivity index is 1.03. The van der Waals surface area contributed by atoms with Crippen LogP contribution in [0.15, 0.2) is 218 Å². The smallest absolute Gasteiger partial charge is 0.164 e. The molecule has 62 heavy (non-hydrogen) atoms. The van der Waals surface area contributed by atoms with Crippen LogP contribution in [-0.4, -0.2) is 19.5 Å². The molecule has 1 atom stereocenters. The fourth-order valence-corrected chi connectivity index (χ4v) is 10.5. The third kappa shape index (κ3) is 4.92. The highest BCUT2D eigenvalue weighted by atomic mass is 15.0. The highest BCUT2D eigenvalue weighted by Crippen LogP contribution is 2.62. The second-order valence-corrected chi connectivity index (χ2v) is 16.3. The molecular weight excluding hydrogens is 753 g/mol. The molecule has 0 saturated carbocycles. The lowest BCUT2D eigenvalue weighted by atomic mass is 9.64. The Morgan fingerprint density at radius 3 is 1.63 bits per heavy atom. The van der Waals surface area contributed by atoms with Crippen molar-refractivity contribution >= 4 is 21.8 Å². The van der Waals surface area contributed by atoms with Crippen LogP contribution in [-0.2, 0) is 5.41 Å². The van der Waals surface area contributed by atoms with Crippen molar-refractivity contribution in [3.63, 3.8) is 0 Å². The van der Waals surface area contributed by atoms with Gasteiger partial charge in [-0.05, 0) is 73.8 Å². The van der Waals surface area contributed by atoms with Crippen molar-refractivity contribution in [2.24, 2.45) is 0 Å². The number of fused-ring (bicyclic) bond motifs is 12. The van der Waals surface area contributed by atoms with Crippen LogP contribution < -0.4 is 0 Å². The Kier molecular flexibility index (Phi) is 7.49. The van der Waals surface area contributed by atoms with Crippen molar-refractivity contribution in [3.8, 4) is 73.2 Å². The SMILES string of the molecule is c1ccc(-c2ccc(-c3nc(-c4ccccc4)nc(-c4cccc(-c5cccc6c5C5(c7ccccc7-6)c6ccccc6-n6c7ccccc7c7cccc5c76)c4)n3)cc2)cc1. The monoisotopic (exact) mass is 788 g/mol. The van der Waals surface area contributed by atoms with Gasteiger partial charge in [-0.3, -0.25) is 0 Å². The van der Waals surface area contributed by atoms with Gasteiger partial charge in [-0.2, -0.15) is 0 Å². The van der Waals surface area contributed by atoms with Gasteiger partial charge >= 0.3 is 0 Å². The minimum atomic E-state index is -0.578. The van der Waals surface area contributed by atoms with Crippen LogP contribution in [0.2, 0.25) is 0 Å². The summed E-state index contributed by atoms with van der Waals surface area (Å²) in [5.41, 5.74) is 18.3. The summed E-state index contributed by atoms with van der Waals surface area (Å²) in [6, 6.07) is 78.6. The fraction of sp³-hybridized carbons (Fsp3) is 0.0172. The summed E-state index contributed by atoms with van der Waals surface area (Å²) in [5.74, 6) is 1.90. The Labute approximate surface area is 359 Å². The first kappa shape index (κ1) is 34.6. The molecule has 13 rings (SSSR count).